The second kappa shape index (κ2) is 12.0. The molecule has 0 radical (unpaired) electrons. The van der Waals surface area contributed by atoms with Crippen molar-refractivity contribution >= 4 is 17.3 Å². The van der Waals surface area contributed by atoms with Crippen molar-refractivity contribution in [2.45, 2.75) is 6.42 Å². The fraction of sp³-hybridized carbons (Fsp3) is 0.320. The van der Waals surface area contributed by atoms with E-state index in [2.05, 4.69) is 32.2 Å². The number of carbonyl (C=O) groups excluding carboxylic acids is 1. The summed E-state index contributed by atoms with van der Waals surface area (Å²) in [6.45, 7) is 5.11. The van der Waals surface area contributed by atoms with Gasteiger partial charge < -0.3 is 14.5 Å². The normalized spacial score (nSPS) is 14.4. The minimum atomic E-state index is -1.34. The summed E-state index contributed by atoms with van der Waals surface area (Å²) >= 11 is 0. The van der Waals surface area contributed by atoms with Gasteiger partial charge in [-0.15, -0.1) is 0 Å². The maximum Gasteiger partial charge on any atom is 0.280 e. The molecule has 0 spiro atoms. The smallest absolute Gasteiger partial charge is 0.280 e. The summed E-state index contributed by atoms with van der Waals surface area (Å²) in [4.78, 5) is 25.1. The van der Waals surface area contributed by atoms with Crippen molar-refractivity contribution in [3.63, 3.8) is 0 Å². The van der Waals surface area contributed by atoms with Crippen LogP contribution in [0.15, 0.2) is 49.1 Å². The molecule has 1 aliphatic rings. The lowest BCUT2D eigenvalue weighted by molar-refractivity contribution is 0.0990. The number of nitrogens with one attached hydrogen (secondary N) is 1. The van der Waals surface area contributed by atoms with E-state index in [0.29, 0.717) is 30.2 Å². The van der Waals surface area contributed by atoms with Crippen molar-refractivity contribution in [1.82, 2.24) is 19.8 Å². The number of halogens is 4. The lowest BCUT2D eigenvalue weighted by atomic mass is 10.2. The molecular formula is C25H26F4N6O2. The van der Waals surface area contributed by atoms with Crippen LogP contribution in [0, 0.1) is 23.3 Å². The molecule has 0 atom stereocenters. The van der Waals surface area contributed by atoms with E-state index >= 15 is 0 Å². The molecule has 2 heterocycles. The Morgan fingerprint density at radius 1 is 1.00 bits per heavy atom. The Hall–Kier alpha value is -3.77. The topological polar surface area (TPSA) is 73.8 Å². The summed E-state index contributed by atoms with van der Waals surface area (Å²) in [5, 5.41) is 0.508. The zero-order valence-corrected chi connectivity index (χ0v) is 20.1. The summed E-state index contributed by atoms with van der Waals surface area (Å²) < 4.78 is 62.9. The van der Waals surface area contributed by atoms with E-state index < -0.39 is 34.9 Å². The van der Waals surface area contributed by atoms with Crippen LogP contribution in [0.2, 0.25) is 0 Å². The van der Waals surface area contributed by atoms with Gasteiger partial charge in [-0.3, -0.25) is 10.2 Å². The Morgan fingerprint density at radius 3 is 2.32 bits per heavy atom. The average Bonchev–Trinajstić information content (AvgIpc) is 2.87. The molecule has 8 nitrogen and oxygen atoms in total. The number of benzene rings is 2. The summed E-state index contributed by atoms with van der Waals surface area (Å²) in [6.07, 6.45) is 4.17. The molecule has 4 rings (SSSR count). The van der Waals surface area contributed by atoms with Gasteiger partial charge in [-0.05, 0) is 25.6 Å². The van der Waals surface area contributed by atoms with E-state index in [1.54, 1.807) is 0 Å². The zero-order chi connectivity index (χ0) is 26.4. The maximum absolute atomic E-state index is 14.8. The molecule has 2 aromatic carbocycles. The minimum Gasteiger partial charge on any atom is -0.490 e. The second-order valence-corrected chi connectivity index (χ2v) is 8.59. The third-order valence-electron chi connectivity index (χ3n) is 5.86. The molecule has 196 valence electrons. The second-order valence-electron chi connectivity index (χ2n) is 8.59. The summed E-state index contributed by atoms with van der Waals surface area (Å²) in [5.74, 6) is -5.52. The van der Waals surface area contributed by atoms with E-state index in [1.807, 2.05) is 0 Å². The van der Waals surface area contributed by atoms with Crippen LogP contribution in [0.4, 0.5) is 28.9 Å². The molecule has 3 aromatic rings. The molecule has 0 bridgehead atoms. The number of nitrogens with zero attached hydrogens (tertiary/aromatic N) is 5. The van der Waals surface area contributed by atoms with E-state index in [1.165, 1.54) is 18.5 Å². The van der Waals surface area contributed by atoms with Crippen LogP contribution in [0.25, 0.3) is 0 Å². The molecule has 1 amide bonds. The number of ether oxygens (including phenoxy) is 1. The van der Waals surface area contributed by atoms with Crippen molar-refractivity contribution in [2.24, 2.45) is 0 Å². The van der Waals surface area contributed by atoms with E-state index in [0.717, 1.165) is 51.2 Å². The highest BCUT2D eigenvalue weighted by molar-refractivity contribution is 6.07. The van der Waals surface area contributed by atoms with E-state index in [9.17, 15) is 22.4 Å². The van der Waals surface area contributed by atoms with Crippen LogP contribution < -0.4 is 15.2 Å². The van der Waals surface area contributed by atoms with Crippen molar-refractivity contribution in [3.8, 4) is 5.75 Å². The van der Waals surface area contributed by atoms with Gasteiger partial charge in [-0.1, -0.05) is 0 Å². The number of aromatic nitrogens is 2. The zero-order valence-electron chi connectivity index (χ0n) is 20.1. The van der Waals surface area contributed by atoms with Crippen molar-refractivity contribution in [2.75, 3.05) is 56.8 Å². The number of rotatable bonds is 9. The van der Waals surface area contributed by atoms with Gasteiger partial charge in [0.15, 0.2) is 23.2 Å². The highest BCUT2D eigenvalue weighted by atomic mass is 19.1. The Balaban J connectivity index is 1.46. The molecule has 1 N–H and O–H groups in total. The van der Waals surface area contributed by atoms with Gasteiger partial charge in [0.25, 0.3) is 5.91 Å². The Morgan fingerprint density at radius 2 is 1.68 bits per heavy atom. The van der Waals surface area contributed by atoms with Gasteiger partial charge in [-0.25, -0.2) is 32.5 Å². The average molecular weight is 519 g/mol. The van der Waals surface area contributed by atoms with Crippen LogP contribution in [0.3, 0.4) is 0 Å². The van der Waals surface area contributed by atoms with Crippen molar-refractivity contribution in [3.05, 3.63) is 77.9 Å². The summed E-state index contributed by atoms with van der Waals surface area (Å²) in [6, 6.07) is 4.62. The first-order valence-corrected chi connectivity index (χ1v) is 11.7. The van der Waals surface area contributed by atoms with E-state index in [4.69, 9.17) is 4.74 Å². The molecule has 1 aromatic heterocycles. The number of amides is 1. The SMILES string of the molecule is CN1CCN(CCCOc2ccc(NN(C(=O)c3cncnc3)c3c(F)cc(F)cc3F)cc2F)CC1. The molecule has 0 saturated carbocycles. The van der Waals surface area contributed by atoms with Crippen LogP contribution in [-0.2, 0) is 0 Å². The largest absolute Gasteiger partial charge is 0.490 e. The molecule has 1 fully saturated rings. The third kappa shape index (κ3) is 6.71. The number of carbonyl (C=O) groups is 1. The predicted molar refractivity (Wildman–Crippen MR) is 129 cm³/mol. The number of hydrogen-bond donors (Lipinski definition) is 1. The fourth-order valence-corrected chi connectivity index (χ4v) is 3.85. The first kappa shape index (κ1) is 26.3. The standard InChI is InChI=1S/C25H26F4N6O2/c1-33-6-8-34(9-7-33)5-2-10-37-23-4-3-19(13-20(23)27)32-35(25(36)17-14-30-16-31-15-17)24-21(28)11-18(26)12-22(24)29/h3-4,11-16,32H,2,5-10H2,1H3. The number of hydrazine groups is 1. The first-order valence-electron chi connectivity index (χ1n) is 11.7. The summed E-state index contributed by atoms with van der Waals surface area (Å²) in [5.41, 5.74) is 1.50. The van der Waals surface area contributed by atoms with Gasteiger partial charge in [0, 0.05) is 63.3 Å². The van der Waals surface area contributed by atoms with Crippen LogP contribution >= 0.6 is 0 Å². The van der Waals surface area contributed by atoms with Gasteiger partial charge >= 0.3 is 0 Å². The Labute approximate surface area is 211 Å². The highest BCUT2D eigenvalue weighted by Gasteiger charge is 2.26. The van der Waals surface area contributed by atoms with Crippen LogP contribution in [-0.4, -0.2) is 72.1 Å². The van der Waals surface area contributed by atoms with Gasteiger partial charge in [0.2, 0.25) is 0 Å². The molecule has 12 heteroatoms. The number of piperazine rings is 1. The molecule has 0 aliphatic carbocycles. The fourth-order valence-electron chi connectivity index (χ4n) is 3.85. The monoisotopic (exact) mass is 518 g/mol. The number of hydrogen-bond acceptors (Lipinski definition) is 7. The summed E-state index contributed by atoms with van der Waals surface area (Å²) in [7, 11) is 2.08. The van der Waals surface area contributed by atoms with Gasteiger partial charge in [-0.2, -0.15) is 0 Å². The number of likely N-dealkylation sites (N-methyl/N-ethyl adjacent to an activating group) is 1. The number of anilines is 2. The van der Waals surface area contributed by atoms with Crippen molar-refractivity contribution in [1.29, 1.82) is 0 Å². The Kier molecular flexibility index (Phi) is 8.51. The maximum atomic E-state index is 14.8. The lowest BCUT2D eigenvalue weighted by Crippen LogP contribution is -2.44. The van der Waals surface area contributed by atoms with Gasteiger partial charge in [0.1, 0.15) is 17.8 Å². The quantitative estimate of drug-likeness (QED) is 0.263. The molecular weight excluding hydrogens is 492 g/mol. The molecule has 1 aliphatic heterocycles. The van der Waals surface area contributed by atoms with Crippen molar-refractivity contribution < 1.29 is 27.1 Å². The predicted octanol–water partition coefficient (Wildman–Crippen LogP) is 3.72. The molecule has 1 saturated heterocycles. The third-order valence-corrected chi connectivity index (χ3v) is 5.86. The Bertz CT molecular complexity index is 1200. The minimum absolute atomic E-state index is 0.00240. The highest BCUT2D eigenvalue weighted by Crippen LogP contribution is 2.28. The van der Waals surface area contributed by atoms with Crippen LogP contribution in [0.5, 0.6) is 5.75 Å². The van der Waals surface area contributed by atoms with Gasteiger partial charge in [0.05, 0.1) is 17.9 Å². The lowest BCUT2D eigenvalue weighted by Gasteiger charge is -2.32. The van der Waals surface area contributed by atoms with Crippen LogP contribution in [0.1, 0.15) is 16.8 Å². The van der Waals surface area contributed by atoms with E-state index in [-0.39, 0.29) is 17.0 Å². The molecule has 37 heavy (non-hydrogen) atoms. The molecule has 0 unspecified atom stereocenters. The first-order chi connectivity index (χ1) is 17.8.